The van der Waals surface area contributed by atoms with Gasteiger partial charge in [0.25, 0.3) is 0 Å². The van der Waals surface area contributed by atoms with Gasteiger partial charge in [0.05, 0.1) is 19.6 Å². The van der Waals surface area contributed by atoms with Crippen molar-refractivity contribution in [1.29, 1.82) is 0 Å². The zero-order valence-corrected chi connectivity index (χ0v) is 12.0. The summed E-state index contributed by atoms with van der Waals surface area (Å²) in [7, 11) is 1.31. The number of piperidine rings is 1. The Bertz CT molecular complexity index is 336. The largest absolute Gasteiger partial charge is 0.469 e. The van der Waals surface area contributed by atoms with Crippen molar-refractivity contribution in [2.75, 3.05) is 20.2 Å². The van der Waals surface area contributed by atoms with Crippen LogP contribution < -0.4 is 0 Å². The lowest BCUT2D eigenvalue weighted by molar-refractivity contribution is -0.143. The molecule has 19 heavy (non-hydrogen) atoms. The van der Waals surface area contributed by atoms with Gasteiger partial charge in [0.2, 0.25) is 0 Å². The molecule has 1 amide bonds. The van der Waals surface area contributed by atoms with Gasteiger partial charge in [-0.2, -0.15) is 0 Å². The number of carbonyl (C=O) groups is 2. The number of rotatable bonds is 2. The molecule has 110 valence electrons. The van der Waals surface area contributed by atoms with Gasteiger partial charge < -0.3 is 19.5 Å². The third kappa shape index (κ3) is 5.06. The molecule has 1 saturated heterocycles. The maximum Gasteiger partial charge on any atom is 0.410 e. The van der Waals surface area contributed by atoms with E-state index in [0.717, 1.165) is 0 Å². The third-order valence-electron chi connectivity index (χ3n) is 3.00. The summed E-state index contributed by atoms with van der Waals surface area (Å²) in [4.78, 5) is 24.7. The van der Waals surface area contributed by atoms with Gasteiger partial charge in [-0.1, -0.05) is 0 Å². The highest BCUT2D eigenvalue weighted by Crippen LogP contribution is 2.22. The van der Waals surface area contributed by atoms with Gasteiger partial charge in [-0.25, -0.2) is 4.79 Å². The van der Waals surface area contributed by atoms with E-state index >= 15 is 0 Å². The maximum absolute atomic E-state index is 11.9. The molecule has 1 fully saturated rings. The molecule has 6 nitrogen and oxygen atoms in total. The number of nitrogens with zero attached hydrogens (tertiary/aromatic N) is 1. The number of hydrogen-bond donors (Lipinski definition) is 1. The van der Waals surface area contributed by atoms with Gasteiger partial charge in [-0.05, 0) is 27.2 Å². The molecule has 0 saturated carbocycles. The van der Waals surface area contributed by atoms with Gasteiger partial charge in [-0.3, -0.25) is 4.79 Å². The molecule has 0 radical (unpaired) electrons. The predicted octanol–water partition coefficient (Wildman–Crippen LogP) is 1.17. The normalized spacial score (nSPS) is 23.9. The first kappa shape index (κ1) is 15.8. The van der Waals surface area contributed by atoms with Gasteiger partial charge in [0.15, 0.2) is 0 Å². The Balaban J connectivity index is 2.58. The summed E-state index contributed by atoms with van der Waals surface area (Å²) in [5.74, 6) is -0.677. The molecule has 0 bridgehead atoms. The summed E-state index contributed by atoms with van der Waals surface area (Å²) in [5.41, 5.74) is -0.551. The Morgan fingerprint density at radius 3 is 2.53 bits per heavy atom. The third-order valence-corrected chi connectivity index (χ3v) is 3.00. The summed E-state index contributed by atoms with van der Waals surface area (Å²) in [6.45, 7) is 6.15. The first-order valence-electron chi connectivity index (χ1n) is 6.45. The average Bonchev–Trinajstić information content (AvgIpc) is 2.29. The molecule has 0 spiro atoms. The minimum absolute atomic E-state index is 0.108. The molecule has 2 atom stereocenters. The van der Waals surface area contributed by atoms with Crippen molar-refractivity contribution < 1.29 is 24.2 Å². The highest BCUT2D eigenvalue weighted by Gasteiger charge is 2.33. The van der Waals surface area contributed by atoms with Crippen LogP contribution in [0.5, 0.6) is 0 Å². The smallest absolute Gasteiger partial charge is 0.410 e. The van der Waals surface area contributed by atoms with E-state index in [1.165, 1.54) is 12.0 Å². The van der Waals surface area contributed by atoms with Crippen molar-refractivity contribution in [3.8, 4) is 0 Å². The Morgan fingerprint density at radius 2 is 2.00 bits per heavy atom. The lowest BCUT2D eigenvalue weighted by Gasteiger charge is -2.36. The number of methoxy groups -OCH3 is 1. The number of esters is 1. The topological polar surface area (TPSA) is 76.1 Å². The molecule has 0 aromatic carbocycles. The maximum atomic E-state index is 11.9. The molecule has 1 rings (SSSR count). The van der Waals surface area contributed by atoms with E-state index in [9.17, 15) is 14.7 Å². The van der Waals surface area contributed by atoms with Crippen LogP contribution in [0.25, 0.3) is 0 Å². The number of likely N-dealkylation sites (tertiary alicyclic amines) is 1. The summed E-state index contributed by atoms with van der Waals surface area (Å²) in [6, 6.07) is 0. The van der Waals surface area contributed by atoms with E-state index < -0.39 is 17.8 Å². The zero-order chi connectivity index (χ0) is 14.6. The highest BCUT2D eigenvalue weighted by molar-refractivity contribution is 5.70. The van der Waals surface area contributed by atoms with E-state index in [0.29, 0.717) is 19.5 Å². The van der Waals surface area contributed by atoms with Gasteiger partial charge in [0, 0.05) is 19.0 Å². The van der Waals surface area contributed by atoms with Crippen LogP contribution in [0.3, 0.4) is 0 Å². The number of aliphatic hydroxyl groups excluding tert-OH is 1. The first-order valence-corrected chi connectivity index (χ1v) is 6.45. The molecule has 1 N–H and O–H groups in total. The van der Waals surface area contributed by atoms with E-state index in [2.05, 4.69) is 4.74 Å². The summed E-state index contributed by atoms with van der Waals surface area (Å²) < 4.78 is 9.87. The van der Waals surface area contributed by atoms with Crippen molar-refractivity contribution in [3.63, 3.8) is 0 Å². The Morgan fingerprint density at radius 1 is 1.37 bits per heavy atom. The van der Waals surface area contributed by atoms with Gasteiger partial charge in [-0.15, -0.1) is 0 Å². The second kappa shape index (κ2) is 6.23. The van der Waals surface area contributed by atoms with Crippen LogP contribution in [-0.2, 0) is 14.3 Å². The van der Waals surface area contributed by atoms with E-state index in [4.69, 9.17) is 4.74 Å². The molecule has 6 heteroatoms. The fraction of sp³-hybridized carbons (Fsp3) is 0.846. The van der Waals surface area contributed by atoms with Crippen LogP contribution in [0.1, 0.15) is 33.6 Å². The number of ether oxygens (including phenoxy) is 2. The molecule has 1 aliphatic heterocycles. The fourth-order valence-corrected chi connectivity index (χ4v) is 2.01. The first-order chi connectivity index (χ1) is 8.73. The fourth-order valence-electron chi connectivity index (χ4n) is 2.01. The van der Waals surface area contributed by atoms with Crippen LogP contribution in [0.4, 0.5) is 4.79 Å². The Labute approximate surface area is 113 Å². The molecule has 1 heterocycles. The number of hydrogen-bond acceptors (Lipinski definition) is 5. The van der Waals surface area contributed by atoms with Crippen LogP contribution in [-0.4, -0.2) is 54.0 Å². The quantitative estimate of drug-likeness (QED) is 0.764. The molecule has 1 aliphatic rings. The number of carbonyl (C=O) groups excluding carboxylic acids is 2. The SMILES string of the molecule is COC(=O)C[C@H]1CN(C(=O)OC(C)(C)C)CC[C@@H]1O. The molecule has 0 aliphatic carbocycles. The lowest BCUT2D eigenvalue weighted by atomic mass is 9.92. The van der Waals surface area contributed by atoms with E-state index in [1.807, 2.05) is 0 Å². The molecule has 0 unspecified atom stereocenters. The van der Waals surface area contributed by atoms with Crippen LogP contribution in [0.2, 0.25) is 0 Å². The standard InChI is InChI=1S/C13H23NO5/c1-13(2,3)19-12(17)14-6-5-10(15)9(8-14)7-11(16)18-4/h9-10,15H,5-8H2,1-4H3/t9-,10-/m0/s1. The van der Waals surface area contributed by atoms with E-state index in [1.54, 1.807) is 20.8 Å². The zero-order valence-electron chi connectivity index (χ0n) is 12.0. The highest BCUT2D eigenvalue weighted by atomic mass is 16.6. The monoisotopic (exact) mass is 273 g/mol. The summed E-state index contributed by atoms with van der Waals surface area (Å²) >= 11 is 0. The second-order valence-corrected chi connectivity index (χ2v) is 5.82. The van der Waals surface area contributed by atoms with Crippen LogP contribution in [0.15, 0.2) is 0 Å². The minimum Gasteiger partial charge on any atom is -0.469 e. The van der Waals surface area contributed by atoms with Crippen LogP contribution >= 0.6 is 0 Å². The molecular formula is C13H23NO5. The van der Waals surface area contributed by atoms with Crippen molar-refractivity contribution in [2.24, 2.45) is 5.92 Å². The molecule has 0 aromatic heterocycles. The second-order valence-electron chi connectivity index (χ2n) is 5.82. The minimum atomic E-state index is -0.585. The predicted molar refractivity (Wildman–Crippen MR) is 68.6 cm³/mol. The lowest BCUT2D eigenvalue weighted by Crippen LogP contribution is -2.48. The molecule has 0 aromatic rings. The van der Waals surface area contributed by atoms with Crippen molar-refractivity contribution in [2.45, 2.75) is 45.3 Å². The van der Waals surface area contributed by atoms with E-state index in [-0.39, 0.29) is 18.3 Å². The van der Waals surface area contributed by atoms with Gasteiger partial charge >= 0.3 is 12.1 Å². The summed E-state index contributed by atoms with van der Waals surface area (Å²) in [5, 5.41) is 9.86. The van der Waals surface area contributed by atoms with Gasteiger partial charge in [0.1, 0.15) is 5.60 Å². The Hall–Kier alpha value is -1.30. The number of amides is 1. The van der Waals surface area contributed by atoms with Crippen molar-refractivity contribution in [1.82, 2.24) is 4.90 Å². The Kier molecular flexibility index (Phi) is 5.17. The van der Waals surface area contributed by atoms with Crippen molar-refractivity contribution >= 4 is 12.1 Å². The number of aliphatic hydroxyl groups is 1. The molecular weight excluding hydrogens is 250 g/mol. The van der Waals surface area contributed by atoms with Crippen molar-refractivity contribution in [3.05, 3.63) is 0 Å². The average molecular weight is 273 g/mol. The summed E-state index contributed by atoms with van der Waals surface area (Å²) in [6.07, 6.45) is -0.440. The van der Waals surface area contributed by atoms with Crippen LogP contribution in [0, 0.1) is 5.92 Å².